The van der Waals surface area contributed by atoms with Gasteiger partial charge in [0.15, 0.2) is 5.17 Å². The van der Waals surface area contributed by atoms with Crippen molar-refractivity contribution in [2.75, 3.05) is 0 Å². The van der Waals surface area contributed by atoms with Crippen molar-refractivity contribution < 1.29 is 4.79 Å². The summed E-state index contributed by atoms with van der Waals surface area (Å²) in [5, 5.41) is 7.44. The van der Waals surface area contributed by atoms with Crippen molar-refractivity contribution in [3.05, 3.63) is 40.9 Å². The highest BCUT2D eigenvalue weighted by molar-refractivity contribution is 9.10. The maximum atomic E-state index is 11.5. The minimum atomic E-state index is -0.0403. The van der Waals surface area contributed by atoms with Gasteiger partial charge in [-0.2, -0.15) is 0 Å². The number of nitrogens with one attached hydrogen (secondary N) is 2. The Kier molecular flexibility index (Phi) is 4.66. The van der Waals surface area contributed by atoms with Crippen molar-refractivity contribution in [1.82, 2.24) is 10.7 Å². The van der Waals surface area contributed by atoms with Gasteiger partial charge in [0.1, 0.15) is 0 Å². The van der Waals surface area contributed by atoms with E-state index in [9.17, 15) is 4.79 Å². The van der Waals surface area contributed by atoms with Crippen molar-refractivity contribution in [2.24, 2.45) is 5.10 Å². The van der Waals surface area contributed by atoms with Crippen molar-refractivity contribution in [1.29, 1.82) is 0 Å². The van der Waals surface area contributed by atoms with E-state index in [4.69, 9.17) is 0 Å². The molecule has 1 saturated heterocycles. The van der Waals surface area contributed by atoms with Gasteiger partial charge in [-0.15, -0.1) is 5.10 Å². The van der Waals surface area contributed by atoms with Crippen LogP contribution >= 0.6 is 27.7 Å². The SMILES string of the molecule is C=C(N/N=C1/NC(=O)[C@@H](CC)S1)c1ccc(Br)cc1. The van der Waals surface area contributed by atoms with Gasteiger partial charge in [-0.25, -0.2) is 0 Å². The Morgan fingerprint density at radius 2 is 2.21 bits per heavy atom. The minimum absolute atomic E-state index is 0.0160. The molecule has 2 rings (SSSR count). The van der Waals surface area contributed by atoms with Gasteiger partial charge in [-0.3, -0.25) is 10.2 Å². The summed E-state index contributed by atoms with van der Waals surface area (Å²) in [7, 11) is 0. The molecule has 1 fully saturated rings. The van der Waals surface area contributed by atoms with Gasteiger partial charge in [0.2, 0.25) is 5.91 Å². The van der Waals surface area contributed by atoms with Crippen LogP contribution in [0, 0.1) is 0 Å². The molecule has 0 radical (unpaired) electrons. The van der Waals surface area contributed by atoms with Crippen molar-refractivity contribution >= 4 is 44.5 Å². The molecule has 0 bridgehead atoms. The molecule has 1 aliphatic heterocycles. The van der Waals surface area contributed by atoms with E-state index < -0.39 is 0 Å². The van der Waals surface area contributed by atoms with Crippen LogP contribution in [0.5, 0.6) is 0 Å². The number of carbonyl (C=O) groups excluding carboxylic acids is 1. The van der Waals surface area contributed by atoms with Crippen LogP contribution in [-0.4, -0.2) is 16.3 Å². The quantitative estimate of drug-likeness (QED) is 0.829. The molecule has 1 atom stereocenters. The van der Waals surface area contributed by atoms with Gasteiger partial charge in [0, 0.05) is 4.47 Å². The van der Waals surface area contributed by atoms with Crippen LogP contribution in [0.3, 0.4) is 0 Å². The van der Waals surface area contributed by atoms with Crippen LogP contribution < -0.4 is 10.7 Å². The van der Waals surface area contributed by atoms with Gasteiger partial charge in [0.05, 0.1) is 10.9 Å². The predicted octanol–water partition coefficient (Wildman–Crippen LogP) is 2.92. The van der Waals surface area contributed by atoms with Gasteiger partial charge >= 0.3 is 0 Å². The standard InChI is InChI=1S/C13H14BrN3OS/c1-3-11-12(18)15-13(19-11)17-16-8(2)9-4-6-10(14)7-5-9/h4-7,11,16H,2-3H2,1H3,(H,15,17,18)/t11-/m1/s1. The molecule has 0 aromatic heterocycles. The fourth-order valence-electron chi connectivity index (χ4n) is 1.56. The average Bonchev–Trinajstić information content (AvgIpc) is 2.77. The van der Waals surface area contributed by atoms with E-state index in [1.165, 1.54) is 11.8 Å². The average molecular weight is 340 g/mol. The Hall–Kier alpha value is -1.27. The molecule has 0 saturated carbocycles. The molecular formula is C13H14BrN3OS. The first-order chi connectivity index (χ1) is 9.10. The van der Waals surface area contributed by atoms with E-state index in [1.807, 2.05) is 31.2 Å². The molecule has 0 spiro atoms. The Labute approximate surface area is 124 Å². The number of hydrogen-bond acceptors (Lipinski definition) is 4. The predicted molar refractivity (Wildman–Crippen MR) is 83.6 cm³/mol. The van der Waals surface area contributed by atoms with Gasteiger partial charge in [0.25, 0.3) is 0 Å². The van der Waals surface area contributed by atoms with Crippen LogP contribution in [0.1, 0.15) is 18.9 Å². The van der Waals surface area contributed by atoms with Crippen molar-refractivity contribution in [3.63, 3.8) is 0 Å². The number of amides is 1. The van der Waals surface area contributed by atoms with Crippen LogP contribution in [0.25, 0.3) is 5.70 Å². The number of hydrogen-bond donors (Lipinski definition) is 2. The summed E-state index contributed by atoms with van der Waals surface area (Å²) in [5.41, 5.74) is 4.51. The maximum absolute atomic E-state index is 11.5. The molecule has 2 N–H and O–H groups in total. The third kappa shape index (κ3) is 3.61. The van der Waals surface area contributed by atoms with E-state index in [-0.39, 0.29) is 11.2 Å². The zero-order valence-electron chi connectivity index (χ0n) is 10.4. The largest absolute Gasteiger partial charge is 0.303 e. The number of nitrogens with zero attached hydrogens (tertiary/aromatic N) is 1. The summed E-state index contributed by atoms with van der Waals surface area (Å²) >= 11 is 4.82. The van der Waals surface area contributed by atoms with Crippen molar-refractivity contribution in [2.45, 2.75) is 18.6 Å². The molecular weight excluding hydrogens is 326 g/mol. The zero-order valence-corrected chi connectivity index (χ0v) is 12.8. The first kappa shape index (κ1) is 14.1. The number of halogens is 1. The Bertz CT molecular complexity index is 527. The number of carbonyl (C=O) groups is 1. The Morgan fingerprint density at radius 3 is 2.79 bits per heavy atom. The highest BCUT2D eigenvalue weighted by atomic mass is 79.9. The van der Waals surface area contributed by atoms with Crippen LogP contribution in [0.4, 0.5) is 0 Å². The highest BCUT2D eigenvalue weighted by Crippen LogP contribution is 2.22. The van der Waals surface area contributed by atoms with E-state index in [0.29, 0.717) is 10.9 Å². The number of hydrazone groups is 1. The summed E-state index contributed by atoms with van der Waals surface area (Å²) in [6, 6.07) is 7.76. The summed E-state index contributed by atoms with van der Waals surface area (Å²) in [6.45, 7) is 5.90. The lowest BCUT2D eigenvalue weighted by atomic mass is 10.2. The van der Waals surface area contributed by atoms with Gasteiger partial charge < -0.3 is 5.32 Å². The van der Waals surface area contributed by atoms with E-state index in [1.54, 1.807) is 0 Å². The van der Waals surface area contributed by atoms with Crippen LogP contribution in [0.2, 0.25) is 0 Å². The lowest BCUT2D eigenvalue weighted by Crippen LogP contribution is -2.25. The van der Waals surface area contributed by atoms with E-state index in [2.05, 4.69) is 38.4 Å². The molecule has 1 aromatic carbocycles. The normalized spacial score (nSPS) is 20.4. The molecule has 6 heteroatoms. The number of rotatable bonds is 4. The Morgan fingerprint density at radius 1 is 1.53 bits per heavy atom. The second-order valence-electron chi connectivity index (χ2n) is 4.02. The summed E-state index contributed by atoms with van der Waals surface area (Å²) < 4.78 is 1.01. The summed E-state index contributed by atoms with van der Waals surface area (Å²) in [6.07, 6.45) is 0.795. The van der Waals surface area contributed by atoms with Gasteiger partial charge in [-0.1, -0.05) is 53.3 Å². The van der Waals surface area contributed by atoms with E-state index in [0.717, 1.165) is 16.5 Å². The molecule has 1 aromatic rings. The second kappa shape index (κ2) is 6.25. The molecule has 19 heavy (non-hydrogen) atoms. The van der Waals surface area contributed by atoms with Crippen LogP contribution in [-0.2, 0) is 4.79 Å². The zero-order chi connectivity index (χ0) is 13.8. The molecule has 4 nitrogen and oxygen atoms in total. The molecule has 1 aliphatic rings. The lowest BCUT2D eigenvalue weighted by molar-refractivity contribution is -0.118. The highest BCUT2D eigenvalue weighted by Gasteiger charge is 2.28. The van der Waals surface area contributed by atoms with Crippen LogP contribution in [0.15, 0.2) is 40.4 Å². The number of amidine groups is 1. The first-order valence-electron chi connectivity index (χ1n) is 5.86. The third-order valence-corrected chi connectivity index (χ3v) is 4.41. The molecule has 0 aliphatic carbocycles. The monoisotopic (exact) mass is 339 g/mol. The Balaban J connectivity index is 1.97. The molecule has 1 amide bonds. The summed E-state index contributed by atoms with van der Waals surface area (Å²) in [5.74, 6) is 0.0160. The van der Waals surface area contributed by atoms with Crippen molar-refractivity contribution in [3.8, 4) is 0 Å². The lowest BCUT2D eigenvalue weighted by Gasteiger charge is -2.05. The number of benzene rings is 1. The van der Waals surface area contributed by atoms with Gasteiger partial charge in [-0.05, 0) is 24.1 Å². The fourth-order valence-corrected chi connectivity index (χ4v) is 2.68. The van der Waals surface area contributed by atoms with E-state index >= 15 is 0 Å². The molecule has 0 unspecified atom stereocenters. The molecule has 1 heterocycles. The molecule has 100 valence electrons. The maximum Gasteiger partial charge on any atom is 0.239 e. The summed E-state index contributed by atoms with van der Waals surface area (Å²) in [4.78, 5) is 11.5. The number of thioether (sulfide) groups is 1. The third-order valence-electron chi connectivity index (χ3n) is 2.63. The first-order valence-corrected chi connectivity index (χ1v) is 7.53. The smallest absolute Gasteiger partial charge is 0.239 e. The minimum Gasteiger partial charge on any atom is -0.303 e. The second-order valence-corrected chi connectivity index (χ2v) is 6.13. The fraction of sp³-hybridized carbons (Fsp3) is 0.231. The topological polar surface area (TPSA) is 53.5 Å².